The second-order valence-corrected chi connectivity index (χ2v) is 4.73. The highest BCUT2D eigenvalue weighted by atomic mass is 16.5. The van der Waals surface area contributed by atoms with Crippen molar-refractivity contribution in [3.05, 3.63) is 35.9 Å². The molecule has 7 heteroatoms. The number of amides is 3. The van der Waals surface area contributed by atoms with Gasteiger partial charge in [0.25, 0.3) is 0 Å². The number of hydrogen-bond acceptors (Lipinski definition) is 4. The molecule has 7 nitrogen and oxygen atoms in total. The van der Waals surface area contributed by atoms with Gasteiger partial charge in [-0.25, -0.2) is 4.79 Å². The number of nitrogens with two attached hydrogens (primary N) is 1. The van der Waals surface area contributed by atoms with Crippen molar-refractivity contribution in [1.82, 2.24) is 10.6 Å². The lowest BCUT2D eigenvalue weighted by molar-refractivity contribution is -0.126. The van der Waals surface area contributed by atoms with E-state index < -0.39 is 23.9 Å². The number of nitrogens with one attached hydrogen (secondary N) is 2. The van der Waals surface area contributed by atoms with Crippen molar-refractivity contribution < 1.29 is 19.1 Å². The van der Waals surface area contributed by atoms with E-state index in [2.05, 4.69) is 10.6 Å². The van der Waals surface area contributed by atoms with Crippen LogP contribution in [-0.4, -0.2) is 30.5 Å². The minimum absolute atomic E-state index is 0.119. The summed E-state index contributed by atoms with van der Waals surface area (Å²) in [5.74, 6) is -1.10. The average molecular weight is 307 g/mol. The second-order valence-electron chi connectivity index (χ2n) is 4.73. The summed E-state index contributed by atoms with van der Waals surface area (Å²) < 4.78 is 5.06. The molecule has 0 aliphatic rings. The fraction of sp³-hybridized carbons (Fsp3) is 0.400. The molecule has 0 bridgehead atoms. The van der Waals surface area contributed by atoms with Gasteiger partial charge in [0.15, 0.2) is 0 Å². The Morgan fingerprint density at radius 1 is 1.23 bits per heavy atom. The van der Waals surface area contributed by atoms with Crippen LogP contribution in [0.3, 0.4) is 0 Å². The van der Waals surface area contributed by atoms with Gasteiger partial charge in [-0.05, 0) is 12.0 Å². The number of rotatable bonds is 8. The molecule has 1 aromatic carbocycles. The minimum atomic E-state index is -0.757. The third-order valence-electron chi connectivity index (χ3n) is 2.84. The van der Waals surface area contributed by atoms with Gasteiger partial charge in [0.05, 0.1) is 6.54 Å². The van der Waals surface area contributed by atoms with Crippen molar-refractivity contribution in [3.8, 4) is 0 Å². The molecule has 4 N–H and O–H groups in total. The molecule has 0 aromatic heterocycles. The smallest absolute Gasteiger partial charge is 0.408 e. The molecule has 1 aromatic rings. The lowest BCUT2D eigenvalue weighted by atomic mass is 10.1. The van der Waals surface area contributed by atoms with E-state index in [-0.39, 0.29) is 13.2 Å². The molecule has 1 rings (SSSR count). The van der Waals surface area contributed by atoms with Crippen LogP contribution in [0.4, 0.5) is 4.79 Å². The quantitative estimate of drug-likeness (QED) is 0.656. The van der Waals surface area contributed by atoms with Crippen LogP contribution >= 0.6 is 0 Å². The van der Waals surface area contributed by atoms with E-state index in [4.69, 9.17) is 10.5 Å². The van der Waals surface area contributed by atoms with Gasteiger partial charge >= 0.3 is 6.09 Å². The Morgan fingerprint density at radius 2 is 1.91 bits per heavy atom. The molecule has 1 unspecified atom stereocenters. The number of hydrogen-bond donors (Lipinski definition) is 3. The van der Waals surface area contributed by atoms with Gasteiger partial charge in [-0.2, -0.15) is 0 Å². The number of alkyl carbamates (subject to hydrolysis) is 1. The van der Waals surface area contributed by atoms with Crippen LogP contribution in [0, 0.1) is 0 Å². The first-order valence-electron chi connectivity index (χ1n) is 7.06. The van der Waals surface area contributed by atoms with Crippen molar-refractivity contribution in [1.29, 1.82) is 0 Å². The normalized spacial score (nSPS) is 11.3. The first-order valence-corrected chi connectivity index (χ1v) is 7.06. The summed E-state index contributed by atoms with van der Waals surface area (Å²) in [7, 11) is 0. The van der Waals surface area contributed by atoms with Crippen LogP contribution in [0.15, 0.2) is 30.3 Å². The summed E-state index contributed by atoms with van der Waals surface area (Å²) in [5, 5.41) is 4.85. The van der Waals surface area contributed by atoms with Crippen molar-refractivity contribution in [2.75, 3.05) is 6.54 Å². The lowest BCUT2D eigenvalue weighted by Gasteiger charge is -2.17. The van der Waals surface area contributed by atoms with E-state index in [0.29, 0.717) is 12.8 Å². The van der Waals surface area contributed by atoms with Crippen LogP contribution in [0.5, 0.6) is 0 Å². The summed E-state index contributed by atoms with van der Waals surface area (Å²) in [6, 6.07) is 8.45. The van der Waals surface area contributed by atoms with Crippen molar-refractivity contribution >= 4 is 17.9 Å². The maximum atomic E-state index is 11.9. The first-order chi connectivity index (χ1) is 10.5. The Morgan fingerprint density at radius 3 is 2.50 bits per heavy atom. The zero-order valence-electron chi connectivity index (χ0n) is 12.5. The van der Waals surface area contributed by atoms with E-state index in [9.17, 15) is 14.4 Å². The predicted molar refractivity (Wildman–Crippen MR) is 80.7 cm³/mol. The van der Waals surface area contributed by atoms with Crippen LogP contribution in [-0.2, 0) is 20.9 Å². The topological polar surface area (TPSA) is 111 Å². The molecule has 0 aliphatic heterocycles. The number of primary amides is 1. The number of ether oxygens (including phenoxy) is 1. The summed E-state index contributed by atoms with van der Waals surface area (Å²) in [5.41, 5.74) is 5.81. The number of carbonyl (C=O) groups is 3. The zero-order valence-corrected chi connectivity index (χ0v) is 12.5. The minimum Gasteiger partial charge on any atom is -0.445 e. The van der Waals surface area contributed by atoms with Crippen LogP contribution < -0.4 is 16.4 Å². The SMILES string of the molecule is CCCC(NC(=O)OCc1ccccc1)C(=O)NCC(N)=O. The number of benzene rings is 1. The van der Waals surface area contributed by atoms with E-state index in [1.165, 1.54) is 0 Å². The zero-order chi connectivity index (χ0) is 16.4. The van der Waals surface area contributed by atoms with E-state index in [0.717, 1.165) is 5.56 Å². The number of carbonyl (C=O) groups excluding carboxylic acids is 3. The van der Waals surface area contributed by atoms with Crippen LogP contribution in [0.25, 0.3) is 0 Å². The fourth-order valence-corrected chi connectivity index (χ4v) is 1.76. The molecular formula is C15H21N3O4. The van der Waals surface area contributed by atoms with Gasteiger partial charge in [0.1, 0.15) is 12.6 Å². The van der Waals surface area contributed by atoms with Gasteiger partial charge in [-0.15, -0.1) is 0 Å². The molecule has 0 heterocycles. The van der Waals surface area contributed by atoms with Gasteiger partial charge in [-0.1, -0.05) is 43.7 Å². The Kier molecular flexibility index (Phi) is 7.45. The third kappa shape index (κ3) is 6.74. The van der Waals surface area contributed by atoms with Crippen molar-refractivity contribution in [3.63, 3.8) is 0 Å². The molecule has 0 spiro atoms. The second kappa shape index (κ2) is 9.38. The van der Waals surface area contributed by atoms with E-state index in [1.807, 2.05) is 37.3 Å². The largest absolute Gasteiger partial charge is 0.445 e. The summed E-state index contributed by atoms with van der Waals surface area (Å²) in [6.45, 7) is 1.74. The lowest BCUT2D eigenvalue weighted by Crippen LogP contribution is -2.48. The first kappa shape index (κ1) is 17.5. The molecule has 0 saturated heterocycles. The van der Waals surface area contributed by atoms with E-state index in [1.54, 1.807) is 0 Å². The summed E-state index contributed by atoms with van der Waals surface area (Å²) >= 11 is 0. The Balaban J connectivity index is 2.45. The molecule has 0 radical (unpaired) electrons. The van der Waals surface area contributed by atoms with Gasteiger partial charge in [-0.3, -0.25) is 9.59 Å². The highest BCUT2D eigenvalue weighted by Crippen LogP contribution is 2.02. The fourth-order valence-electron chi connectivity index (χ4n) is 1.76. The maximum absolute atomic E-state index is 11.9. The predicted octanol–water partition coefficient (Wildman–Crippen LogP) is 0.683. The molecule has 22 heavy (non-hydrogen) atoms. The van der Waals surface area contributed by atoms with Gasteiger partial charge in [0.2, 0.25) is 11.8 Å². The maximum Gasteiger partial charge on any atom is 0.408 e. The highest BCUT2D eigenvalue weighted by molar-refractivity contribution is 5.88. The molecule has 120 valence electrons. The van der Waals surface area contributed by atoms with Crippen LogP contribution in [0.1, 0.15) is 25.3 Å². The molecule has 0 aliphatic carbocycles. The van der Waals surface area contributed by atoms with Crippen molar-refractivity contribution in [2.45, 2.75) is 32.4 Å². The average Bonchev–Trinajstić information content (AvgIpc) is 2.51. The molecule has 0 saturated carbocycles. The molecular weight excluding hydrogens is 286 g/mol. The van der Waals surface area contributed by atoms with E-state index >= 15 is 0 Å². The monoisotopic (exact) mass is 307 g/mol. The van der Waals surface area contributed by atoms with Crippen LogP contribution in [0.2, 0.25) is 0 Å². The summed E-state index contributed by atoms with van der Waals surface area (Å²) in [6.07, 6.45) is 0.440. The Labute approximate surface area is 129 Å². The Bertz CT molecular complexity index is 505. The Hall–Kier alpha value is -2.57. The molecule has 3 amide bonds. The highest BCUT2D eigenvalue weighted by Gasteiger charge is 2.20. The summed E-state index contributed by atoms with van der Waals surface area (Å²) in [4.78, 5) is 34.3. The molecule has 0 fully saturated rings. The third-order valence-corrected chi connectivity index (χ3v) is 2.84. The van der Waals surface area contributed by atoms with Crippen molar-refractivity contribution in [2.24, 2.45) is 5.73 Å². The molecule has 1 atom stereocenters. The van der Waals surface area contributed by atoms with Gasteiger partial charge < -0.3 is 21.1 Å². The van der Waals surface area contributed by atoms with Gasteiger partial charge in [0, 0.05) is 0 Å². The standard InChI is InChI=1S/C15H21N3O4/c1-2-6-12(14(20)17-9-13(16)19)18-15(21)22-10-11-7-4-3-5-8-11/h3-5,7-8,12H,2,6,9-10H2,1H3,(H2,16,19)(H,17,20)(H,18,21).